The van der Waals surface area contributed by atoms with Gasteiger partial charge in [0.15, 0.2) is 16.8 Å². The van der Waals surface area contributed by atoms with Gasteiger partial charge in [0.05, 0.1) is 28.6 Å². The Morgan fingerprint density at radius 1 is 0.868 bits per heavy atom. The summed E-state index contributed by atoms with van der Waals surface area (Å²) in [6.07, 6.45) is 21.3. The van der Waals surface area contributed by atoms with Crippen LogP contribution < -0.4 is 10.2 Å². The molecule has 1 saturated heterocycles. The van der Waals surface area contributed by atoms with E-state index in [9.17, 15) is 9.59 Å². The number of likely N-dealkylation sites (tertiary alicyclic amines) is 1. The van der Waals surface area contributed by atoms with E-state index < -0.39 is 0 Å². The van der Waals surface area contributed by atoms with Gasteiger partial charge in [-0.3, -0.25) is 9.48 Å². The van der Waals surface area contributed by atoms with E-state index in [-0.39, 0.29) is 27.8 Å². The number of rotatable bonds is 20. The predicted molar refractivity (Wildman–Crippen MR) is 271 cm³/mol. The summed E-state index contributed by atoms with van der Waals surface area (Å²) in [4.78, 5) is 42.2. The zero-order valence-corrected chi connectivity index (χ0v) is 42.1. The number of amides is 1. The first-order chi connectivity index (χ1) is 32.9. The van der Waals surface area contributed by atoms with Gasteiger partial charge in [0.1, 0.15) is 17.8 Å². The van der Waals surface area contributed by atoms with Gasteiger partial charge >= 0.3 is 0 Å². The summed E-state index contributed by atoms with van der Waals surface area (Å²) in [5.41, 5.74) is 6.93. The van der Waals surface area contributed by atoms with Crippen LogP contribution in [0.5, 0.6) is 0 Å². The second kappa shape index (κ2) is 19.2. The maximum atomic E-state index is 14.8. The summed E-state index contributed by atoms with van der Waals surface area (Å²) in [5, 5.41) is 18.9. The third-order valence-corrected chi connectivity index (χ3v) is 17.2. The van der Waals surface area contributed by atoms with Gasteiger partial charge in [-0.25, -0.2) is 9.97 Å². The van der Waals surface area contributed by atoms with E-state index in [0.717, 1.165) is 152 Å². The third kappa shape index (κ3) is 9.58. The minimum atomic E-state index is -0.0928. The Bertz CT molecular complexity index is 2580. The molecule has 0 radical (unpaired) electrons. The van der Waals surface area contributed by atoms with Crippen molar-refractivity contribution in [1.29, 1.82) is 0 Å². The Hall–Kier alpha value is -4.79. The molecule has 2 atom stereocenters. The van der Waals surface area contributed by atoms with Crippen molar-refractivity contribution in [2.45, 2.75) is 149 Å². The molecule has 4 aliphatic carbocycles. The third-order valence-electron chi connectivity index (χ3n) is 16.2. The number of aldehydes is 1. The molecule has 4 saturated carbocycles. The molecule has 2 unspecified atom stereocenters. The molecule has 13 nitrogen and oxygen atoms in total. The molecule has 0 spiro atoms. The van der Waals surface area contributed by atoms with E-state index in [1.54, 1.807) is 11.3 Å². The summed E-state index contributed by atoms with van der Waals surface area (Å²) >= 11 is 1.60. The lowest BCUT2D eigenvalue weighted by atomic mass is 9.39. The zero-order chi connectivity index (χ0) is 47.1. The number of nitrogens with zero attached hydrogens (tertiary/aromatic N) is 9. The standard InChI is InChI=1S/C54H72N10O3S/c1-38-40-18-17-26-63(48(40)60-59-47(38)58-50-56-43-19-11-12-20-44(43)68-50)45-22-21-41(46(57-45)49(66)61(5)23-13-9-7-6-8-10-16-28-65)42-30-55-64(39(42)2)37-53-32-51(3)31-52(4,33-53)35-54(34-51,36-53)67-29-27-62-24-14-15-25-62/h11-12,19-22,28,30H,6-10,13-18,23-27,29,31-37H2,1-5H3,(H,56,58,59). The summed E-state index contributed by atoms with van der Waals surface area (Å²) in [7, 11) is 1.91. The largest absolute Gasteiger partial charge is 0.374 e. The molecule has 6 aliphatic rings. The van der Waals surface area contributed by atoms with Crippen molar-refractivity contribution in [1.82, 2.24) is 39.7 Å². The van der Waals surface area contributed by atoms with Crippen LogP contribution in [0.3, 0.4) is 0 Å². The van der Waals surface area contributed by atoms with Crippen LogP contribution in [0.2, 0.25) is 0 Å². The van der Waals surface area contributed by atoms with Crippen molar-refractivity contribution in [3.8, 4) is 11.1 Å². The number of aromatic nitrogens is 6. The van der Waals surface area contributed by atoms with Crippen LogP contribution in [0.1, 0.15) is 144 Å². The number of hydrogen-bond donors (Lipinski definition) is 1. The average molecular weight is 941 g/mol. The molecular weight excluding hydrogens is 869 g/mol. The summed E-state index contributed by atoms with van der Waals surface area (Å²) < 4.78 is 10.5. The molecule has 14 heteroatoms. The Kier molecular flexibility index (Phi) is 13.2. The number of thiazole rings is 1. The number of pyridine rings is 1. The van der Waals surface area contributed by atoms with Gasteiger partial charge in [0.25, 0.3) is 5.91 Å². The monoisotopic (exact) mass is 941 g/mol. The zero-order valence-electron chi connectivity index (χ0n) is 41.2. The molecule has 2 aliphatic heterocycles. The van der Waals surface area contributed by atoms with Crippen molar-refractivity contribution >= 4 is 56.3 Å². The smallest absolute Gasteiger partial charge is 0.272 e. The van der Waals surface area contributed by atoms with Crippen LogP contribution in [0.15, 0.2) is 42.6 Å². The van der Waals surface area contributed by atoms with Gasteiger partial charge in [0, 0.05) is 67.6 Å². The topological polar surface area (TPSA) is 134 Å². The molecule has 6 heterocycles. The fraction of sp³-hybridized carbons (Fsp3) is 0.611. The second-order valence-electron chi connectivity index (χ2n) is 22.3. The number of carbonyl (C=O) groups excluding carboxylic acids is 2. The highest BCUT2D eigenvalue weighted by molar-refractivity contribution is 7.22. The first-order valence-electron chi connectivity index (χ1n) is 25.7. The fourth-order valence-corrected chi connectivity index (χ4v) is 15.1. The lowest BCUT2D eigenvalue weighted by molar-refractivity contribution is -0.248. The number of benzene rings is 1. The Balaban J connectivity index is 0.923. The van der Waals surface area contributed by atoms with E-state index in [2.05, 4.69) is 65.7 Å². The number of fused-ring (bicyclic) bond motifs is 2. The number of hydrogen-bond acceptors (Lipinski definition) is 12. The molecule has 4 bridgehead atoms. The number of para-hydroxylation sites is 1. The second-order valence-corrected chi connectivity index (χ2v) is 23.3. The molecule has 4 aromatic heterocycles. The number of unbranched alkanes of at least 4 members (excludes halogenated alkanes) is 6. The van der Waals surface area contributed by atoms with Crippen molar-refractivity contribution < 1.29 is 14.3 Å². The van der Waals surface area contributed by atoms with Crippen molar-refractivity contribution in [2.75, 3.05) is 56.6 Å². The molecule has 1 N–H and O–H groups in total. The molecule has 5 aromatic rings. The first kappa shape index (κ1) is 46.9. The van der Waals surface area contributed by atoms with Crippen molar-refractivity contribution in [3.05, 3.63) is 65.1 Å². The maximum absolute atomic E-state index is 14.8. The SMILES string of the molecule is Cc1c(Nc2nc3ccccc3s2)nnc2c1CCCN2c1ccc(-c2cnn(CC34CC5(C)CC(C)(C3)CC(OCCN3CCCC3)(C5)C4)c2C)c(C(=O)N(C)CCCCCCCCC=O)n1. The van der Waals surface area contributed by atoms with Gasteiger partial charge in [-0.1, -0.05) is 63.0 Å². The van der Waals surface area contributed by atoms with Crippen LogP contribution in [0.4, 0.5) is 22.6 Å². The first-order valence-corrected chi connectivity index (χ1v) is 26.5. The van der Waals surface area contributed by atoms with E-state index >= 15 is 0 Å². The lowest BCUT2D eigenvalue weighted by Crippen LogP contribution is -2.64. The van der Waals surface area contributed by atoms with Crippen molar-refractivity contribution in [2.24, 2.45) is 16.2 Å². The molecule has 362 valence electrons. The Morgan fingerprint density at radius 2 is 1.63 bits per heavy atom. The minimum Gasteiger partial charge on any atom is -0.374 e. The Morgan fingerprint density at radius 3 is 2.41 bits per heavy atom. The maximum Gasteiger partial charge on any atom is 0.272 e. The molecule has 5 fully saturated rings. The summed E-state index contributed by atoms with van der Waals surface area (Å²) in [6, 6.07) is 12.3. The summed E-state index contributed by atoms with van der Waals surface area (Å²) in [6.45, 7) is 15.8. The number of anilines is 4. The fourth-order valence-electron chi connectivity index (χ4n) is 14.2. The number of ether oxygens (including phenoxy) is 1. The molecule has 68 heavy (non-hydrogen) atoms. The van der Waals surface area contributed by atoms with E-state index in [4.69, 9.17) is 30.0 Å². The van der Waals surface area contributed by atoms with Gasteiger partial charge in [-0.2, -0.15) is 5.10 Å². The van der Waals surface area contributed by atoms with Gasteiger partial charge in [0.2, 0.25) is 0 Å². The predicted octanol–water partition coefficient (Wildman–Crippen LogP) is 11.0. The molecule has 1 amide bonds. The van der Waals surface area contributed by atoms with Crippen LogP contribution >= 0.6 is 11.3 Å². The summed E-state index contributed by atoms with van der Waals surface area (Å²) in [5.74, 6) is 2.08. The molecule has 11 rings (SSSR count). The van der Waals surface area contributed by atoms with Crippen LogP contribution in [-0.4, -0.2) is 104 Å². The van der Waals surface area contributed by atoms with E-state index in [1.807, 2.05) is 36.3 Å². The highest BCUT2D eigenvalue weighted by Crippen LogP contribution is 2.72. The van der Waals surface area contributed by atoms with Crippen LogP contribution in [0.25, 0.3) is 21.3 Å². The highest BCUT2D eigenvalue weighted by atomic mass is 32.1. The van der Waals surface area contributed by atoms with Gasteiger partial charge in [-0.15, -0.1) is 10.2 Å². The van der Waals surface area contributed by atoms with Crippen molar-refractivity contribution in [3.63, 3.8) is 0 Å². The van der Waals surface area contributed by atoms with Gasteiger partial charge < -0.3 is 29.5 Å². The van der Waals surface area contributed by atoms with E-state index in [1.165, 1.54) is 45.2 Å². The van der Waals surface area contributed by atoms with Gasteiger partial charge in [-0.05, 0) is 144 Å². The highest BCUT2D eigenvalue weighted by Gasteiger charge is 2.66. The number of carbonyl (C=O) groups is 2. The Labute approximate surface area is 406 Å². The van der Waals surface area contributed by atoms with Crippen LogP contribution in [0, 0.1) is 30.1 Å². The molecule has 1 aromatic carbocycles. The normalized spacial score (nSPS) is 25.3. The lowest BCUT2D eigenvalue weighted by Gasteiger charge is -2.69. The number of nitrogens with one attached hydrogen (secondary N) is 1. The minimum absolute atomic E-state index is 0.0768. The average Bonchev–Trinajstić information content (AvgIpc) is 4.06. The van der Waals surface area contributed by atoms with E-state index in [0.29, 0.717) is 30.3 Å². The quantitative estimate of drug-likeness (QED) is 0.0590. The molecular formula is C54H72N10O3S. The van der Waals surface area contributed by atoms with Crippen LogP contribution in [-0.2, 0) is 22.5 Å².